The normalized spacial score (nSPS) is 12.4. The van der Waals surface area contributed by atoms with Gasteiger partial charge in [0.2, 0.25) is 11.8 Å². The fourth-order valence-electron chi connectivity index (χ4n) is 1.41. The molecule has 17 heavy (non-hydrogen) atoms. The predicted octanol–water partition coefficient (Wildman–Crippen LogP) is 1.84. The molecule has 0 aromatic carbocycles. The summed E-state index contributed by atoms with van der Waals surface area (Å²) in [5, 5.41) is 9.73. The minimum Gasteiger partial charge on any atom is -0.480 e. The van der Waals surface area contributed by atoms with Crippen LogP contribution in [0, 0.1) is 0 Å². The highest BCUT2D eigenvalue weighted by atomic mass is 16.5. The van der Waals surface area contributed by atoms with Crippen molar-refractivity contribution in [2.75, 3.05) is 14.2 Å². The maximum atomic E-state index is 9.73. The van der Waals surface area contributed by atoms with Crippen molar-refractivity contribution in [1.82, 2.24) is 9.97 Å². The molecule has 0 bridgehead atoms. The van der Waals surface area contributed by atoms with Gasteiger partial charge in [-0.15, -0.1) is 6.58 Å². The van der Waals surface area contributed by atoms with Gasteiger partial charge in [-0.05, 0) is 0 Å². The van der Waals surface area contributed by atoms with Crippen molar-refractivity contribution in [3.63, 3.8) is 0 Å². The van der Waals surface area contributed by atoms with E-state index in [2.05, 4.69) is 16.5 Å². The van der Waals surface area contributed by atoms with Crippen molar-refractivity contribution < 1.29 is 14.6 Å². The molecule has 1 unspecified atom stereocenters. The van der Waals surface area contributed by atoms with E-state index in [1.807, 2.05) is 13.8 Å². The third-order valence-corrected chi connectivity index (χ3v) is 2.32. The number of aliphatic hydroxyl groups excluding tert-OH is 1. The summed E-state index contributed by atoms with van der Waals surface area (Å²) in [6.45, 7) is 7.47. The molecule has 1 aromatic rings. The van der Waals surface area contributed by atoms with Crippen LogP contribution in [0.4, 0.5) is 0 Å². The van der Waals surface area contributed by atoms with Gasteiger partial charge in [0.1, 0.15) is 17.5 Å². The molecular weight excluding hydrogens is 220 g/mol. The van der Waals surface area contributed by atoms with Crippen LogP contribution in [0.5, 0.6) is 11.8 Å². The van der Waals surface area contributed by atoms with Gasteiger partial charge < -0.3 is 14.6 Å². The van der Waals surface area contributed by atoms with Crippen LogP contribution in [0.2, 0.25) is 0 Å². The summed E-state index contributed by atoms with van der Waals surface area (Å²) in [7, 11) is 3.01. The van der Waals surface area contributed by atoms with E-state index >= 15 is 0 Å². The van der Waals surface area contributed by atoms with Crippen LogP contribution in [0.25, 0.3) is 0 Å². The summed E-state index contributed by atoms with van der Waals surface area (Å²) >= 11 is 0. The maximum Gasteiger partial charge on any atom is 0.239 e. The third kappa shape index (κ3) is 2.74. The number of aromatic nitrogens is 2. The van der Waals surface area contributed by atoms with Gasteiger partial charge in [-0.3, -0.25) is 0 Å². The minimum absolute atomic E-state index is 0.154. The molecule has 0 spiro atoms. The monoisotopic (exact) mass is 238 g/mol. The Bertz CT molecular complexity index is 405. The van der Waals surface area contributed by atoms with Crippen molar-refractivity contribution in [1.29, 1.82) is 0 Å². The first-order valence-corrected chi connectivity index (χ1v) is 5.35. The molecular formula is C12H18N2O3. The van der Waals surface area contributed by atoms with Gasteiger partial charge in [0, 0.05) is 5.92 Å². The van der Waals surface area contributed by atoms with Gasteiger partial charge in [-0.2, -0.15) is 0 Å². The van der Waals surface area contributed by atoms with E-state index in [1.165, 1.54) is 20.3 Å². The molecule has 0 aliphatic rings. The highest BCUT2D eigenvalue weighted by molar-refractivity contribution is 5.33. The third-order valence-electron chi connectivity index (χ3n) is 2.32. The molecule has 0 fully saturated rings. The Hall–Kier alpha value is -1.62. The fourth-order valence-corrected chi connectivity index (χ4v) is 1.41. The number of methoxy groups -OCH3 is 2. The largest absolute Gasteiger partial charge is 0.480 e. The molecule has 0 aliphatic carbocycles. The summed E-state index contributed by atoms with van der Waals surface area (Å²) in [6, 6.07) is 0. The summed E-state index contributed by atoms with van der Waals surface area (Å²) < 4.78 is 10.3. The number of nitrogens with zero attached hydrogens (tertiary/aromatic N) is 2. The van der Waals surface area contributed by atoms with Gasteiger partial charge >= 0.3 is 0 Å². The lowest BCUT2D eigenvalue weighted by molar-refractivity contribution is 0.213. The molecule has 1 N–H and O–H groups in total. The minimum atomic E-state index is -0.924. The summed E-state index contributed by atoms with van der Waals surface area (Å²) in [4.78, 5) is 8.54. The molecule has 0 saturated heterocycles. The van der Waals surface area contributed by atoms with E-state index in [4.69, 9.17) is 9.47 Å². The lowest BCUT2D eigenvalue weighted by Crippen LogP contribution is -2.09. The van der Waals surface area contributed by atoms with Crippen LogP contribution < -0.4 is 9.47 Å². The average molecular weight is 238 g/mol. The van der Waals surface area contributed by atoms with Crippen LogP contribution >= 0.6 is 0 Å². The second-order valence-corrected chi connectivity index (χ2v) is 3.85. The lowest BCUT2D eigenvalue weighted by Gasteiger charge is -2.15. The number of ether oxygens (including phenoxy) is 2. The fraction of sp³-hybridized carbons (Fsp3) is 0.500. The Balaban J connectivity index is 3.37. The quantitative estimate of drug-likeness (QED) is 0.793. The van der Waals surface area contributed by atoms with Crippen molar-refractivity contribution in [3.8, 4) is 11.8 Å². The molecule has 1 atom stereocenters. The van der Waals surface area contributed by atoms with Crippen molar-refractivity contribution >= 4 is 0 Å². The van der Waals surface area contributed by atoms with Crippen LogP contribution in [0.3, 0.4) is 0 Å². The molecule has 0 aliphatic heterocycles. The molecule has 94 valence electrons. The molecule has 0 amide bonds. The van der Waals surface area contributed by atoms with E-state index in [9.17, 15) is 5.11 Å². The number of aliphatic hydroxyl groups is 1. The molecule has 1 aromatic heterocycles. The highest BCUT2D eigenvalue weighted by Gasteiger charge is 2.20. The van der Waals surface area contributed by atoms with Gasteiger partial charge in [0.15, 0.2) is 0 Å². The van der Waals surface area contributed by atoms with E-state index < -0.39 is 6.10 Å². The van der Waals surface area contributed by atoms with E-state index in [-0.39, 0.29) is 5.92 Å². The molecule has 0 saturated carbocycles. The van der Waals surface area contributed by atoms with Gasteiger partial charge in [-0.25, -0.2) is 9.97 Å². The molecule has 0 radical (unpaired) electrons. The Morgan fingerprint density at radius 2 is 1.59 bits per heavy atom. The summed E-state index contributed by atoms with van der Waals surface area (Å²) in [6.07, 6.45) is 0.439. The standard InChI is InChI=1S/C12H18N2O3/c1-6-8(15)10-12(17-5)13-9(7(2)3)11(14-10)16-4/h6-8,15H,1H2,2-5H3. The number of rotatable bonds is 5. The first-order valence-electron chi connectivity index (χ1n) is 5.35. The zero-order valence-corrected chi connectivity index (χ0v) is 10.6. The Morgan fingerprint density at radius 1 is 1.12 bits per heavy atom. The van der Waals surface area contributed by atoms with Crippen LogP contribution in [-0.2, 0) is 0 Å². The SMILES string of the molecule is C=CC(O)c1nc(OC)c(C(C)C)nc1OC. The molecule has 1 heterocycles. The summed E-state index contributed by atoms with van der Waals surface area (Å²) in [5.74, 6) is 0.847. The van der Waals surface area contributed by atoms with Crippen molar-refractivity contribution in [2.24, 2.45) is 0 Å². The van der Waals surface area contributed by atoms with Crippen LogP contribution in [0.15, 0.2) is 12.7 Å². The van der Waals surface area contributed by atoms with E-state index in [0.717, 1.165) is 0 Å². The van der Waals surface area contributed by atoms with E-state index in [1.54, 1.807) is 0 Å². The zero-order chi connectivity index (χ0) is 13.0. The second kappa shape index (κ2) is 5.63. The molecule has 5 nitrogen and oxygen atoms in total. The zero-order valence-electron chi connectivity index (χ0n) is 10.6. The van der Waals surface area contributed by atoms with Gasteiger partial charge in [0.25, 0.3) is 0 Å². The van der Waals surface area contributed by atoms with Crippen molar-refractivity contribution in [3.05, 3.63) is 24.0 Å². The van der Waals surface area contributed by atoms with E-state index in [0.29, 0.717) is 23.1 Å². The number of hydrogen-bond donors (Lipinski definition) is 1. The molecule has 1 rings (SSSR count). The predicted molar refractivity (Wildman–Crippen MR) is 64.4 cm³/mol. The van der Waals surface area contributed by atoms with Crippen LogP contribution in [0.1, 0.15) is 37.3 Å². The second-order valence-electron chi connectivity index (χ2n) is 3.85. The Kier molecular flexibility index (Phi) is 4.45. The lowest BCUT2D eigenvalue weighted by atomic mass is 10.1. The highest BCUT2D eigenvalue weighted by Crippen LogP contribution is 2.30. The Labute approximate surface area is 101 Å². The van der Waals surface area contributed by atoms with Crippen LogP contribution in [-0.4, -0.2) is 29.3 Å². The topological polar surface area (TPSA) is 64.5 Å². The van der Waals surface area contributed by atoms with Gasteiger partial charge in [0.05, 0.1) is 14.2 Å². The first kappa shape index (κ1) is 13.4. The summed E-state index contributed by atoms with van der Waals surface area (Å²) in [5.41, 5.74) is 1.01. The van der Waals surface area contributed by atoms with Gasteiger partial charge in [-0.1, -0.05) is 19.9 Å². The van der Waals surface area contributed by atoms with Crippen molar-refractivity contribution in [2.45, 2.75) is 25.9 Å². The number of hydrogen-bond acceptors (Lipinski definition) is 5. The smallest absolute Gasteiger partial charge is 0.239 e. The Morgan fingerprint density at radius 3 is 2.00 bits per heavy atom. The maximum absolute atomic E-state index is 9.73. The average Bonchev–Trinajstić information content (AvgIpc) is 2.35. The molecule has 5 heteroatoms. The first-order chi connectivity index (χ1) is 8.04.